The lowest BCUT2D eigenvalue weighted by atomic mass is 9.94. The van der Waals surface area contributed by atoms with Gasteiger partial charge >= 0.3 is 0 Å². The average Bonchev–Trinajstić information content (AvgIpc) is 2.95. The van der Waals surface area contributed by atoms with Crippen LogP contribution in [-0.4, -0.2) is 5.71 Å². The molecule has 0 radical (unpaired) electrons. The normalized spacial score (nSPS) is 17.7. The number of nitrogens with one attached hydrogen (secondary N) is 1. The summed E-state index contributed by atoms with van der Waals surface area (Å²) in [5, 5.41) is 7.98. The SMILES string of the molecule is CC(C)=C(C)CCC(=N)C(C)C1CC1. The molecule has 1 N–H and O–H groups in total. The van der Waals surface area contributed by atoms with Crippen LogP contribution in [0.4, 0.5) is 0 Å². The number of rotatable bonds is 5. The highest BCUT2D eigenvalue weighted by Crippen LogP contribution is 2.37. The number of hydrogen-bond donors (Lipinski definition) is 1. The van der Waals surface area contributed by atoms with E-state index in [4.69, 9.17) is 5.41 Å². The van der Waals surface area contributed by atoms with Crippen molar-refractivity contribution in [3.8, 4) is 0 Å². The van der Waals surface area contributed by atoms with E-state index >= 15 is 0 Å². The third-order valence-electron chi connectivity index (χ3n) is 3.50. The molecule has 0 aromatic rings. The zero-order chi connectivity index (χ0) is 10.7. The molecule has 1 unspecified atom stereocenters. The molecular weight excluding hydrogens is 170 g/mol. The molecule has 0 bridgehead atoms. The van der Waals surface area contributed by atoms with E-state index < -0.39 is 0 Å². The van der Waals surface area contributed by atoms with Crippen LogP contribution in [0.5, 0.6) is 0 Å². The van der Waals surface area contributed by atoms with Gasteiger partial charge in [-0.1, -0.05) is 18.1 Å². The van der Waals surface area contributed by atoms with Gasteiger partial charge in [0.05, 0.1) is 0 Å². The molecule has 1 aliphatic carbocycles. The molecule has 0 aromatic heterocycles. The van der Waals surface area contributed by atoms with Gasteiger partial charge in [-0.05, 0) is 58.3 Å². The minimum atomic E-state index is 0.542. The van der Waals surface area contributed by atoms with Crippen LogP contribution >= 0.6 is 0 Å². The van der Waals surface area contributed by atoms with Crippen LogP contribution < -0.4 is 0 Å². The van der Waals surface area contributed by atoms with E-state index in [0.717, 1.165) is 24.5 Å². The molecule has 1 nitrogen and oxygen atoms in total. The molecule has 1 heteroatoms. The van der Waals surface area contributed by atoms with Gasteiger partial charge in [0.15, 0.2) is 0 Å². The van der Waals surface area contributed by atoms with Gasteiger partial charge in [-0.3, -0.25) is 0 Å². The summed E-state index contributed by atoms with van der Waals surface area (Å²) in [4.78, 5) is 0. The number of hydrogen-bond acceptors (Lipinski definition) is 1. The molecule has 1 aliphatic rings. The fourth-order valence-electron chi connectivity index (χ4n) is 1.68. The Morgan fingerprint density at radius 1 is 1.21 bits per heavy atom. The van der Waals surface area contributed by atoms with Gasteiger partial charge in [-0.25, -0.2) is 0 Å². The van der Waals surface area contributed by atoms with Crippen LogP contribution in [0.25, 0.3) is 0 Å². The highest BCUT2D eigenvalue weighted by molar-refractivity contribution is 5.84. The summed E-state index contributed by atoms with van der Waals surface area (Å²) in [6.45, 7) is 8.72. The van der Waals surface area contributed by atoms with Crippen LogP contribution in [0.1, 0.15) is 53.4 Å². The molecule has 1 fully saturated rings. The van der Waals surface area contributed by atoms with Crippen molar-refractivity contribution in [2.45, 2.75) is 53.4 Å². The van der Waals surface area contributed by atoms with E-state index in [9.17, 15) is 0 Å². The quantitative estimate of drug-likeness (QED) is 0.500. The highest BCUT2D eigenvalue weighted by atomic mass is 14.5. The van der Waals surface area contributed by atoms with Gasteiger partial charge in [-0.2, -0.15) is 0 Å². The maximum Gasteiger partial charge on any atom is 0.0123 e. The summed E-state index contributed by atoms with van der Waals surface area (Å²) >= 11 is 0. The van der Waals surface area contributed by atoms with Crippen LogP contribution in [0.2, 0.25) is 0 Å². The molecule has 0 heterocycles. The van der Waals surface area contributed by atoms with E-state index in [0.29, 0.717) is 5.92 Å². The summed E-state index contributed by atoms with van der Waals surface area (Å²) in [6, 6.07) is 0. The largest absolute Gasteiger partial charge is 0.309 e. The van der Waals surface area contributed by atoms with Crippen molar-refractivity contribution in [3.63, 3.8) is 0 Å². The smallest absolute Gasteiger partial charge is 0.0123 e. The predicted octanol–water partition coefficient (Wildman–Crippen LogP) is 4.19. The van der Waals surface area contributed by atoms with E-state index in [-0.39, 0.29) is 0 Å². The number of allylic oxidation sites excluding steroid dienone is 2. The second kappa shape index (κ2) is 4.77. The first-order valence-corrected chi connectivity index (χ1v) is 5.72. The molecule has 0 aromatic carbocycles. The Balaban J connectivity index is 2.30. The Labute approximate surface area is 88.1 Å². The van der Waals surface area contributed by atoms with Gasteiger partial charge < -0.3 is 5.41 Å². The lowest BCUT2D eigenvalue weighted by molar-refractivity contribution is 0.646. The maximum absolute atomic E-state index is 7.98. The molecule has 14 heavy (non-hydrogen) atoms. The van der Waals surface area contributed by atoms with Crippen molar-refractivity contribution >= 4 is 5.71 Å². The molecular formula is C13H23N. The Hall–Kier alpha value is -0.590. The Bertz CT molecular complexity index is 242. The summed E-state index contributed by atoms with van der Waals surface area (Å²) in [6.07, 6.45) is 4.75. The fourth-order valence-corrected chi connectivity index (χ4v) is 1.68. The maximum atomic E-state index is 7.98. The van der Waals surface area contributed by atoms with Crippen LogP contribution in [0.3, 0.4) is 0 Å². The molecule has 80 valence electrons. The topological polar surface area (TPSA) is 23.9 Å². The molecule has 1 saturated carbocycles. The zero-order valence-electron chi connectivity index (χ0n) is 9.98. The van der Waals surface area contributed by atoms with Gasteiger partial charge in [0.25, 0.3) is 0 Å². The molecule has 1 atom stereocenters. The van der Waals surface area contributed by atoms with E-state index in [1.165, 1.54) is 24.0 Å². The zero-order valence-corrected chi connectivity index (χ0v) is 9.98. The standard InChI is InChI=1S/C13H23N/c1-9(2)10(3)5-8-13(14)11(4)12-6-7-12/h11-12,14H,5-8H2,1-4H3. The summed E-state index contributed by atoms with van der Waals surface area (Å²) in [5.74, 6) is 1.38. The van der Waals surface area contributed by atoms with E-state index in [2.05, 4.69) is 27.7 Å². The summed E-state index contributed by atoms with van der Waals surface area (Å²) in [7, 11) is 0. The lowest BCUT2D eigenvalue weighted by Gasteiger charge is -2.12. The van der Waals surface area contributed by atoms with Crippen LogP contribution in [0, 0.1) is 17.2 Å². The van der Waals surface area contributed by atoms with E-state index in [1.54, 1.807) is 0 Å². The molecule has 0 spiro atoms. The Kier molecular flexibility index (Phi) is 3.91. The monoisotopic (exact) mass is 193 g/mol. The van der Waals surface area contributed by atoms with Crippen molar-refractivity contribution in [2.75, 3.05) is 0 Å². The molecule has 0 aliphatic heterocycles. The minimum Gasteiger partial charge on any atom is -0.309 e. The first-order valence-electron chi connectivity index (χ1n) is 5.72. The van der Waals surface area contributed by atoms with Crippen molar-refractivity contribution < 1.29 is 0 Å². The summed E-state index contributed by atoms with van der Waals surface area (Å²) < 4.78 is 0. The Morgan fingerprint density at radius 3 is 2.21 bits per heavy atom. The molecule has 0 amide bonds. The fraction of sp³-hybridized carbons (Fsp3) is 0.769. The predicted molar refractivity (Wildman–Crippen MR) is 62.9 cm³/mol. The molecule has 1 rings (SSSR count). The van der Waals surface area contributed by atoms with Crippen molar-refractivity contribution in [1.29, 1.82) is 5.41 Å². The van der Waals surface area contributed by atoms with Crippen LogP contribution in [0.15, 0.2) is 11.1 Å². The third kappa shape index (κ3) is 3.28. The first-order chi connectivity index (χ1) is 6.52. The van der Waals surface area contributed by atoms with E-state index in [1.807, 2.05) is 0 Å². The third-order valence-corrected chi connectivity index (χ3v) is 3.50. The highest BCUT2D eigenvalue weighted by Gasteiger charge is 2.30. The van der Waals surface area contributed by atoms with Gasteiger partial charge in [0, 0.05) is 5.71 Å². The second-order valence-electron chi connectivity index (χ2n) is 4.93. The van der Waals surface area contributed by atoms with Crippen LogP contribution in [-0.2, 0) is 0 Å². The Morgan fingerprint density at radius 2 is 1.79 bits per heavy atom. The minimum absolute atomic E-state index is 0.542. The summed E-state index contributed by atoms with van der Waals surface area (Å²) in [5.41, 5.74) is 3.84. The van der Waals surface area contributed by atoms with Crippen molar-refractivity contribution in [2.24, 2.45) is 11.8 Å². The average molecular weight is 193 g/mol. The van der Waals surface area contributed by atoms with Gasteiger partial charge in [0.2, 0.25) is 0 Å². The van der Waals surface area contributed by atoms with Gasteiger partial charge in [-0.15, -0.1) is 0 Å². The molecule has 0 saturated heterocycles. The second-order valence-corrected chi connectivity index (χ2v) is 4.93. The van der Waals surface area contributed by atoms with Crippen molar-refractivity contribution in [3.05, 3.63) is 11.1 Å². The first kappa shape index (κ1) is 11.5. The van der Waals surface area contributed by atoms with Crippen molar-refractivity contribution in [1.82, 2.24) is 0 Å². The van der Waals surface area contributed by atoms with Gasteiger partial charge in [0.1, 0.15) is 0 Å². The lowest BCUT2D eigenvalue weighted by Crippen LogP contribution is -2.11.